The summed E-state index contributed by atoms with van der Waals surface area (Å²) in [6, 6.07) is 23.7. The van der Waals surface area contributed by atoms with E-state index in [0.29, 0.717) is 32.8 Å². The van der Waals surface area contributed by atoms with Crippen molar-refractivity contribution in [3.05, 3.63) is 99.7 Å². The summed E-state index contributed by atoms with van der Waals surface area (Å²) in [6.45, 7) is 0. The predicted octanol–water partition coefficient (Wildman–Crippen LogP) is 7.14. The second kappa shape index (κ2) is 12.0. The molecule has 1 atom stereocenters. The average Bonchev–Trinajstić information content (AvgIpc) is 3.44. The van der Waals surface area contributed by atoms with E-state index in [1.807, 2.05) is 66.0 Å². The molecule has 0 spiro atoms. The molecule has 184 valence electrons. The molecular formula is C27H23ClN2O4S2. The van der Waals surface area contributed by atoms with Crippen LogP contribution in [0.4, 0.5) is 11.4 Å². The van der Waals surface area contributed by atoms with Gasteiger partial charge < -0.3 is 20.1 Å². The molecule has 3 aromatic carbocycles. The van der Waals surface area contributed by atoms with Crippen molar-refractivity contribution in [2.75, 3.05) is 24.9 Å². The number of thiophene rings is 1. The number of hydrogen-bond donors (Lipinski definition) is 2. The molecule has 2 amide bonds. The van der Waals surface area contributed by atoms with Crippen molar-refractivity contribution in [2.45, 2.75) is 10.1 Å². The Balaban J connectivity index is 1.54. The van der Waals surface area contributed by atoms with Crippen LogP contribution in [0.5, 0.6) is 11.5 Å². The molecule has 0 fully saturated rings. The highest BCUT2D eigenvalue weighted by Crippen LogP contribution is 2.40. The lowest BCUT2D eigenvalue weighted by Crippen LogP contribution is -2.19. The third-order valence-electron chi connectivity index (χ3n) is 5.18. The van der Waals surface area contributed by atoms with Gasteiger partial charge in [0.1, 0.15) is 16.7 Å². The van der Waals surface area contributed by atoms with Gasteiger partial charge in [0, 0.05) is 16.6 Å². The molecule has 2 N–H and O–H groups in total. The van der Waals surface area contributed by atoms with Gasteiger partial charge in [-0.15, -0.1) is 23.1 Å². The minimum Gasteiger partial charge on any atom is -0.495 e. The fourth-order valence-corrected chi connectivity index (χ4v) is 5.29. The Kier molecular flexibility index (Phi) is 8.53. The smallest absolute Gasteiger partial charge is 0.265 e. The number of anilines is 2. The molecule has 1 heterocycles. The highest BCUT2D eigenvalue weighted by Gasteiger charge is 2.24. The number of amides is 2. The minimum atomic E-state index is -0.552. The zero-order valence-electron chi connectivity index (χ0n) is 19.5. The van der Waals surface area contributed by atoms with Crippen LogP contribution < -0.4 is 20.1 Å². The van der Waals surface area contributed by atoms with Crippen LogP contribution in [0.25, 0.3) is 0 Å². The first kappa shape index (κ1) is 25.6. The number of rotatable bonds is 9. The summed E-state index contributed by atoms with van der Waals surface area (Å²) in [4.78, 5) is 27.3. The summed E-state index contributed by atoms with van der Waals surface area (Å²) in [7, 11) is 3.03. The standard InChI is InChI=1S/C27H23ClN2O4S2/c1-33-22-16-23(34-2)21(15-20(22)28)30-27(32)25(17-7-4-3-5-8-17)36-19-12-10-18(11-13-19)29-26(31)24-9-6-14-35-24/h3-16,25H,1-2H3,(H,29,31)(H,30,32). The maximum Gasteiger partial charge on any atom is 0.265 e. The molecule has 0 saturated carbocycles. The minimum absolute atomic E-state index is 0.154. The third-order valence-corrected chi connectivity index (χ3v) is 7.61. The topological polar surface area (TPSA) is 76.7 Å². The number of carbonyl (C=O) groups excluding carboxylic acids is 2. The van der Waals surface area contributed by atoms with E-state index in [1.165, 1.54) is 37.3 Å². The molecule has 1 aromatic heterocycles. The molecule has 0 aliphatic carbocycles. The van der Waals surface area contributed by atoms with E-state index in [1.54, 1.807) is 18.2 Å². The van der Waals surface area contributed by atoms with Gasteiger partial charge in [-0.05, 0) is 47.3 Å². The highest BCUT2D eigenvalue weighted by atomic mass is 35.5. The van der Waals surface area contributed by atoms with E-state index in [2.05, 4.69) is 10.6 Å². The summed E-state index contributed by atoms with van der Waals surface area (Å²) in [5.74, 6) is 0.499. The summed E-state index contributed by atoms with van der Waals surface area (Å²) >= 11 is 9.07. The van der Waals surface area contributed by atoms with E-state index in [4.69, 9.17) is 21.1 Å². The van der Waals surface area contributed by atoms with Crippen molar-refractivity contribution < 1.29 is 19.1 Å². The number of halogens is 1. The van der Waals surface area contributed by atoms with Gasteiger partial charge >= 0.3 is 0 Å². The Labute approximate surface area is 222 Å². The first-order valence-electron chi connectivity index (χ1n) is 10.9. The van der Waals surface area contributed by atoms with Crippen LogP contribution in [0, 0.1) is 0 Å². The second-order valence-corrected chi connectivity index (χ2v) is 10.1. The molecular weight excluding hydrogens is 516 g/mol. The molecule has 1 unspecified atom stereocenters. The fraction of sp³-hybridized carbons (Fsp3) is 0.111. The molecule has 36 heavy (non-hydrogen) atoms. The van der Waals surface area contributed by atoms with Crippen molar-refractivity contribution in [3.63, 3.8) is 0 Å². The summed E-state index contributed by atoms with van der Waals surface area (Å²) in [6.07, 6.45) is 0. The van der Waals surface area contributed by atoms with Gasteiger partial charge in [0.05, 0.1) is 29.8 Å². The molecule has 0 aliphatic rings. The van der Waals surface area contributed by atoms with Crippen LogP contribution in [-0.4, -0.2) is 26.0 Å². The fourth-order valence-electron chi connectivity index (χ4n) is 3.41. The zero-order valence-corrected chi connectivity index (χ0v) is 21.9. The molecule has 0 saturated heterocycles. The Morgan fingerprint density at radius 2 is 1.61 bits per heavy atom. The van der Waals surface area contributed by atoms with Crippen molar-refractivity contribution in [1.29, 1.82) is 0 Å². The van der Waals surface area contributed by atoms with Crippen molar-refractivity contribution in [1.82, 2.24) is 0 Å². The number of hydrogen-bond acceptors (Lipinski definition) is 6. The average molecular weight is 539 g/mol. The van der Waals surface area contributed by atoms with Gasteiger partial charge in [-0.1, -0.05) is 48.0 Å². The van der Waals surface area contributed by atoms with Gasteiger partial charge in [-0.2, -0.15) is 0 Å². The lowest BCUT2D eigenvalue weighted by molar-refractivity contribution is -0.115. The van der Waals surface area contributed by atoms with Gasteiger partial charge in [-0.25, -0.2) is 0 Å². The molecule has 0 aliphatic heterocycles. The molecule has 0 radical (unpaired) electrons. The molecule has 4 aromatic rings. The van der Waals surface area contributed by atoms with E-state index >= 15 is 0 Å². The Morgan fingerprint density at radius 1 is 0.889 bits per heavy atom. The quantitative estimate of drug-likeness (QED) is 0.221. The highest BCUT2D eigenvalue weighted by molar-refractivity contribution is 8.00. The molecule has 6 nitrogen and oxygen atoms in total. The van der Waals surface area contributed by atoms with Crippen LogP contribution >= 0.6 is 34.7 Å². The lowest BCUT2D eigenvalue weighted by atomic mass is 10.1. The van der Waals surface area contributed by atoms with Gasteiger partial charge in [0.25, 0.3) is 5.91 Å². The summed E-state index contributed by atoms with van der Waals surface area (Å²) in [5.41, 5.74) is 1.96. The number of benzene rings is 3. The number of ether oxygens (including phenoxy) is 2. The van der Waals surface area contributed by atoms with Gasteiger partial charge in [0.15, 0.2) is 0 Å². The SMILES string of the molecule is COc1cc(OC)c(NC(=O)C(Sc2ccc(NC(=O)c3cccs3)cc2)c2ccccc2)cc1Cl. The van der Waals surface area contributed by atoms with E-state index in [9.17, 15) is 9.59 Å². The number of carbonyl (C=O) groups is 2. The number of thioether (sulfide) groups is 1. The van der Waals surface area contributed by atoms with Gasteiger partial charge in [0.2, 0.25) is 5.91 Å². The Morgan fingerprint density at radius 3 is 2.25 bits per heavy atom. The first-order valence-corrected chi connectivity index (χ1v) is 13.0. The lowest BCUT2D eigenvalue weighted by Gasteiger charge is -2.19. The Bertz CT molecular complexity index is 1330. The van der Waals surface area contributed by atoms with Crippen LogP contribution in [0.1, 0.15) is 20.5 Å². The van der Waals surface area contributed by atoms with Crippen LogP contribution in [-0.2, 0) is 4.79 Å². The summed E-state index contributed by atoms with van der Waals surface area (Å²) < 4.78 is 10.7. The van der Waals surface area contributed by atoms with Crippen LogP contribution in [0.3, 0.4) is 0 Å². The van der Waals surface area contributed by atoms with Crippen LogP contribution in [0.2, 0.25) is 5.02 Å². The summed E-state index contributed by atoms with van der Waals surface area (Å²) in [5, 5.41) is 7.50. The van der Waals surface area contributed by atoms with Gasteiger partial charge in [-0.3, -0.25) is 9.59 Å². The largest absolute Gasteiger partial charge is 0.495 e. The normalized spacial score (nSPS) is 11.4. The monoisotopic (exact) mass is 538 g/mol. The zero-order chi connectivity index (χ0) is 25.5. The van der Waals surface area contributed by atoms with Crippen molar-refractivity contribution in [2.24, 2.45) is 0 Å². The van der Waals surface area contributed by atoms with E-state index in [-0.39, 0.29) is 11.8 Å². The second-order valence-electron chi connectivity index (χ2n) is 7.54. The molecule has 9 heteroatoms. The van der Waals surface area contributed by atoms with Crippen molar-refractivity contribution in [3.8, 4) is 11.5 Å². The maximum atomic E-state index is 13.5. The first-order chi connectivity index (χ1) is 17.5. The number of methoxy groups -OCH3 is 2. The Hall–Kier alpha value is -3.46. The third kappa shape index (κ3) is 6.20. The predicted molar refractivity (Wildman–Crippen MR) is 147 cm³/mol. The molecule has 0 bridgehead atoms. The van der Waals surface area contributed by atoms with Crippen molar-refractivity contribution >= 4 is 57.9 Å². The van der Waals surface area contributed by atoms with E-state index < -0.39 is 5.25 Å². The maximum absolute atomic E-state index is 13.5. The number of nitrogens with one attached hydrogen (secondary N) is 2. The van der Waals surface area contributed by atoms with Crippen LogP contribution in [0.15, 0.2) is 89.1 Å². The van der Waals surface area contributed by atoms with E-state index in [0.717, 1.165) is 10.5 Å². The molecule has 4 rings (SSSR count).